The number of aliphatic hydroxyl groups is 1. The zero-order chi connectivity index (χ0) is 12.3. The van der Waals surface area contributed by atoms with Crippen molar-refractivity contribution in [2.24, 2.45) is 0 Å². The van der Waals surface area contributed by atoms with E-state index in [2.05, 4.69) is 0 Å². The van der Waals surface area contributed by atoms with Gasteiger partial charge in [-0.3, -0.25) is 0 Å². The second kappa shape index (κ2) is 5.12. The Hall–Kier alpha value is -1.65. The van der Waals surface area contributed by atoms with Crippen LogP contribution in [0.1, 0.15) is 21.4 Å². The molecule has 0 aliphatic rings. The SMILES string of the molecule is O=C(O)[C@@H](O)c1ccc(Cc2ccccc2)s1. The highest BCUT2D eigenvalue weighted by Crippen LogP contribution is 2.25. The number of carboxylic acid groups (broad SMARTS) is 1. The monoisotopic (exact) mass is 248 g/mol. The lowest BCUT2D eigenvalue weighted by atomic mass is 10.1. The fourth-order valence-electron chi connectivity index (χ4n) is 1.56. The largest absolute Gasteiger partial charge is 0.479 e. The summed E-state index contributed by atoms with van der Waals surface area (Å²) in [5.74, 6) is -1.21. The predicted octanol–water partition coefficient (Wildman–Crippen LogP) is 2.46. The summed E-state index contributed by atoms with van der Waals surface area (Å²) < 4.78 is 0. The molecule has 0 amide bonds. The molecule has 0 fully saturated rings. The van der Waals surface area contributed by atoms with Crippen LogP contribution in [0.5, 0.6) is 0 Å². The lowest BCUT2D eigenvalue weighted by Gasteiger charge is -2.00. The first-order valence-corrected chi connectivity index (χ1v) is 6.02. The number of aliphatic hydroxyl groups excluding tert-OH is 1. The van der Waals surface area contributed by atoms with Crippen LogP contribution in [0.15, 0.2) is 42.5 Å². The third-order valence-electron chi connectivity index (χ3n) is 2.41. The Morgan fingerprint density at radius 1 is 1.18 bits per heavy atom. The van der Waals surface area contributed by atoms with Crippen LogP contribution in [0.4, 0.5) is 0 Å². The molecular formula is C13H12O3S. The van der Waals surface area contributed by atoms with Crippen molar-refractivity contribution >= 4 is 17.3 Å². The van der Waals surface area contributed by atoms with E-state index in [0.717, 1.165) is 11.3 Å². The highest BCUT2D eigenvalue weighted by atomic mass is 32.1. The molecule has 2 rings (SSSR count). The molecule has 88 valence electrons. The van der Waals surface area contributed by atoms with E-state index >= 15 is 0 Å². The molecule has 3 nitrogen and oxygen atoms in total. The fourth-order valence-corrected chi connectivity index (χ4v) is 2.58. The van der Waals surface area contributed by atoms with Gasteiger partial charge in [0, 0.05) is 16.2 Å². The number of hydrogen-bond donors (Lipinski definition) is 2. The number of aliphatic carboxylic acids is 1. The predicted molar refractivity (Wildman–Crippen MR) is 66.2 cm³/mol. The minimum absolute atomic E-state index is 0.475. The van der Waals surface area contributed by atoms with Crippen molar-refractivity contribution in [1.29, 1.82) is 0 Å². The van der Waals surface area contributed by atoms with Crippen molar-refractivity contribution in [3.63, 3.8) is 0 Å². The second-order valence-electron chi connectivity index (χ2n) is 3.71. The maximum Gasteiger partial charge on any atom is 0.338 e. The van der Waals surface area contributed by atoms with Gasteiger partial charge in [-0.15, -0.1) is 11.3 Å². The zero-order valence-corrected chi connectivity index (χ0v) is 9.85. The number of benzene rings is 1. The summed E-state index contributed by atoms with van der Waals surface area (Å²) in [7, 11) is 0. The van der Waals surface area contributed by atoms with Crippen molar-refractivity contribution in [2.45, 2.75) is 12.5 Å². The normalized spacial score (nSPS) is 12.3. The Balaban J connectivity index is 2.11. The molecule has 2 aromatic rings. The van der Waals surface area contributed by atoms with Gasteiger partial charge in [-0.1, -0.05) is 30.3 Å². The molecule has 0 radical (unpaired) electrons. The first-order chi connectivity index (χ1) is 8.16. The third kappa shape index (κ3) is 2.93. The molecule has 2 N–H and O–H groups in total. The molecule has 0 saturated heterocycles. The summed E-state index contributed by atoms with van der Waals surface area (Å²) in [6.07, 6.45) is -0.651. The summed E-state index contributed by atoms with van der Waals surface area (Å²) in [6, 6.07) is 13.5. The van der Waals surface area contributed by atoms with Crippen molar-refractivity contribution in [3.8, 4) is 0 Å². The zero-order valence-electron chi connectivity index (χ0n) is 9.04. The summed E-state index contributed by atoms with van der Waals surface area (Å²) in [6.45, 7) is 0. The van der Waals surface area contributed by atoms with E-state index in [0.29, 0.717) is 4.88 Å². The average molecular weight is 248 g/mol. The van der Waals surface area contributed by atoms with Crippen LogP contribution in [0, 0.1) is 0 Å². The molecule has 0 bridgehead atoms. The standard InChI is InChI=1S/C13H12O3S/c14-12(13(15)16)11-7-6-10(17-11)8-9-4-2-1-3-5-9/h1-7,12,14H,8H2,(H,15,16)/t12-/m0/s1. The minimum atomic E-state index is -1.41. The summed E-state index contributed by atoms with van der Waals surface area (Å²) in [5.41, 5.74) is 1.17. The third-order valence-corrected chi connectivity index (χ3v) is 3.54. The van der Waals surface area contributed by atoms with Crippen LogP contribution in [0.2, 0.25) is 0 Å². The number of carbonyl (C=O) groups is 1. The topological polar surface area (TPSA) is 57.5 Å². The highest BCUT2D eigenvalue weighted by Gasteiger charge is 2.17. The van der Waals surface area contributed by atoms with Gasteiger partial charge in [0.25, 0.3) is 0 Å². The number of carboxylic acids is 1. The summed E-state index contributed by atoms with van der Waals surface area (Å²) >= 11 is 1.33. The van der Waals surface area contributed by atoms with Crippen molar-refractivity contribution in [3.05, 3.63) is 57.8 Å². The number of thiophene rings is 1. The Morgan fingerprint density at radius 2 is 1.88 bits per heavy atom. The molecule has 0 aliphatic carbocycles. The van der Waals surface area contributed by atoms with Gasteiger partial charge in [0.1, 0.15) is 0 Å². The molecular weight excluding hydrogens is 236 g/mol. The van der Waals surface area contributed by atoms with Crippen molar-refractivity contribution in [2.75, 3.05) is 0 Å². The molecule has 1 aromatic carbocycles. The Bertz CT molecular complexity index is 504. The van der Waals surface area contributed by atoms with E-state index < -0.39 is 12.1 Å². The van der Waals surface area contributed by atoms with E-state index in [1.807, 2.05) is 36.4 Å². The first kappa shape index (κ1) is 11.8. The van der Waals surface area contributed by atoms with Crippen LogP contribution in [-0.4, -0.2) is 16.2 Å². The van der Waals surface area contributed by atoms with Gasteiger partial charge in [-0.25, -0.2) is 4.79 Å². The van der Waals surface area contributed by atoms with Crippen LogP contribution >= 0.6 is 11.3 Å². The Morgan fingerprint density at radius 3 is 2.53 bits per heavy atom. The number of hydrogen-bond acceptors (Lipinski definition) is 3. The quantitative estimate of drug-likeness (QED) is 0.873. The van der Waals surface area contributed by atoms with Gasteiger partial charge in [0.2, 0.25) is 0 Å². The molecule has 1 aromatic heterocycles. The molecule has 1 heterocycles. The van der Waals surface area contributed by atoms with E-state index in [1.54, 1.807) is 6.07 Å². The van der Waals surface area contributed by atoms with Gasteiger partial charge in [0.05, 0.1) is 0 Å². The van der Waals surface area contributed by atoms with E-state index in [-0.39, 0.29) is 0 Å². The van der Waals surface area contributed by atoms with Gasteiger partial charge < -0.3 is 10.2 Å². The maximum atomic E-state index is 10.6. The molecule has 17 heavy (non-hydrogen) atoms. The minimum Gasteiger partial charge on any atom is -0.479 e. The molecule has 0 saturated carbocycles. The Labute approximate surface area is 103 Å². The lowest BCUT2D eigenvalue weighted by Crippen LogP contribution is -2.08. The van der Waals surface area contributed by atoms with Crippen LogP contribution < -0.4 is 0 Å². The molecule has 0 spiro atoms. The van der Waals surface area contributed by atoms with Crippen LogP contribution in [-0.2, 0) is 11.2 Å². The first-order valence-electron chi connectivity index (χ1n) is 5.20. The highest BCUT2D eigenvalue weighted by molar-refractivity contribution is 7.12. The van der Waals surface area contributed by atoms with Crippen molar-refractivity contribution < 1.29 is 15.0 Å². The molecule has 4 heteroatoms. The van der Waals surface area contributed by atoms with Gasteiger partial charge in [-0.2, -0.15) is 0 Å². The van der Waals surface area contributed by atoms with E-state index in [9.17, 15) is 9.90 Å². The van der Waals surface area contributed by atoms with Crippen LogP contribution in [0.25, 0.3) is 0 Å². The second-order valence-corrected chi connectivity index (χ2v) is 4.91. The van der Waals surface area contributed by atoms with E-state index in [4.69, 9.17) is 5.11 Å². The summed E-state index contributed by atoms with van der Waals surface area (Å²) in [4.78, 5) is 12.1. The number of rotatable bonds is 4. The molecule has 1 atom stereocenters. The Kier molecular flexibility index (Phi) is 3.56. The fraction of sp³-hybridized carbons (Fsp3) is 0.154. The maximum absolute atomic E-state index is 10.6. The lowest BCUT2D eigenvalue weighted by molar-refractivity contribution is -0.146. The average Bonchev–Trinajstić information content (AvgIpc) is 2.77. The molecule has 0 unspecified atom stereocenters. The smallest absolute Gasteiger partial charge is 0.338 e. The molecule has 0 aliphatic heterocycles. The van der Waals surface area contributed by atoms with Gasteiger partial charge >= 0.3 is 5.97 Å². The van der Waals surface area contributed by atoms with Gasteiger partial charge in [-0.05, 0) is 17.7 Å². The summed E-state index contributed by atoms with van der Waals surface area (Å²) in [5, 5.41) is 18.1. The van der Waals surface area contributed by atoms with Crippen LogP contribution in [0.3, 0.4) is 0 Å². The van der Waals surface area contributed by atoms with Crippen molar-refractivity contribution in [1.82, 2.24) is 0 Å². The van der Waals surface area contributed by atoms with Gasteiger partial charge in [0.15, 0.2) is 6.10 Å². The van der Waals surface area contributed by atoms with E-state index in [1.165, 1.54) is 16.9 Å².